The second-order valence-corrected chi connectivity index (χ2v) is 4.97. The molecule has 1 atom stereocenters. The summed E-state index contributed by atoms with van der Waals surface area (Å²) in [6.07, 6.45) is 0. The molecule has 1 aromatic rings. The lowest BCUT2D eigenvalue weighted by Gasteiger charge is -2.38. The molecule has 0 bridgehead atoms. The fourth-order valence-electron chi connectivity index (χ4n) is 2.61. The Hall–Kier alpha value is -1.22. The first-order valence-electron chi connectivity index (χ1n) is 7.08. The summed E-state index contributed by atoms with van der Waals surface area (Å²) in [6, 6.07) is 9.19. The largest absolute Gasteiger partial charge is 0.381 e. The van der Waals surface area contributed by atoms with Crippen LogP contribution in [0.1, 0.15) is 20.8 Å². The van der Waals surface area contributed by atoms with Crippen LogP contribution in [0.2, 0.25) is 0 Å². The van der Waals surface area contributed by atoms with Crippen molar-refractivity contribution in [1.29, 1.82) is 0 Å². The van der Waals surface area contributed by atoms with Gasteiger partial charge in [-0.15, -0.1) is 0 Å². The van der Waals surface area contributed by atoms with E-state index in [1.807, 2.05) is 0 Å². The Labute approximate surface area is 111 Å². The molecule has 0 saturated heterocycles. The second-order valence-electron chi connectivity index (χ2n) is 4.97. The summed E-state index contributed by atoms with van der Waals surface area (Å²) >= 11 is 0. The molecule has 100 valence electrons. The van der Waals surface area contributed by atoms with E-state index < -0.39 is 0 Å². The Balaban J connectivity index is 2.07. The van der Waals surface area contributed by atoms with Gasteiger partial charge in [0.15, 0.2) is 0 Å². The Kier molecular flexibility index (Phi) is 4.48. The molecule has 0 aliphatic carbocycles. The highest BCUT2D eigenvalue weighted by Gasteiger charge is 2.22. The third kappa shape index (κ3) is 2.78. The molecule has 0 amide bonds. The Bertz CT molecular complexity index is 374. The quantitative estimate of drug-likeness (QED) is 0.863. The maximum Gasteiger partial charge on any atom is 0.0605 e. The van der Waals surface area contributed by atoms with E-state index in [1.165, 1.54) is 11.4 Å². The van der Waals surface area contributed by atoms with Crippen LogP contribution in [0.5, 0.6) is 0 Å². The normalized spacial score (nSPS) is 18.7. The van der Waals surface area contributed by atoms with E-state index in [4.69, 9.17) is 0 Å². The van der Waals surface area contributed by atoms with Crippen LogP contribution in [0.3, 0.4) is 0 Å². The number of rotatable bonds is 5. The minimum atomic E-state index is 0.565. The first kappa shape index (κ1) is 13.2. The van der Waals surface area contributed by atoms with Gasteiger partial charge in [0.2, 0.25) is 0 Å². The van der Waals surface area contributed by atoms with E-state index in [1.54, 1.807) is 0 Å². The molecule has 1 aliphatic heterocycles. The zero-order chi connectivity index (χ0) is 13.0. The van der Waals surface area contributed by atoms with E-state index in [9.17, 15) is 0 Å². The first-order valence-corrected chi connectivity index (χ1v) is 7.08. The van der Waals surface area contributed by atoms with Crippen LogP contribution in [0.4, 0.5) is 11.4 Å². The van der Waals surface area contributed by atoms with E-state index >= 15 is 0 Å². The molecule has 1 N–H and O–H groups in total. The standard InChI is InChI=1S/C15H25N3/c1-4-17(5-2)10-11-18-13(3)12-16-14-8-6-7-9-15(14)18/h6-9,13,16H,4-5,10-12H2,1-3H3. The highest BCUT2D eigenvalue weighted by molar-refractivity contribution is 5.72. The predicted octanol–water partition coefficient (Wildman–Crippen LogP) is 2.65. The zero-order valence-corrected chi connectivity index (χ0v) is 11.8. The molecule has 18 heavy (non-hydrogen) atoms. The van der Waals surface area contributed by atoms with Gasteiger partial charge in [0.05, 0.1) is 11.4 Å². The monoisotopic (exact) mass is 247 g/mol. The molecule has 2 rings (SSSR count). The zero-order valence-electron chi connectivity index (χ0n) is 11.8. The molecule has 0 fully saturated rings. The van der Waals surface area contributed by atoms with Crippen LogP contribution in [0, 0.1) is 0 Å². The molecular weight excluding hydrogens is 222 g/mol. The van der Waals surface area contributed by atoms with E-state index in [0.29, 0.717) is 6.04 Å². The Morgan fingerprint density at radius 2 is 2.00 bits per heavy atom. The van der Waals surface area contributed by atoms with Gasteiger partial charge >= 0.3 is 0 Å². The number of likely N-dealkylation sites (N-methyl/N-ethyl adjacent to an activating group) is 1. The molecular formula is C15H25N3. The number of hydrogen-bond donors (Lipinski definition) is 1. The topological polar surface area (TPSA) is 18.5 Å². The lowest BCUT2D eigenvalue weighted by molar-refractivity contribution is 0.307. The van der Waals surface area contributed by atoms with Crippen LogP contribution < -0.4 is 10.2 Å². The number of para-hydroxylation sites is 2. The average molecular weight is 247 g/mol. The van der Waals surface area contributed by atoms with Gasteiger partial charge in [-0.3, -0.25) is 0 Å². The minimum absolute atomic E-state index is 0.565. The molecule has 1 aromatic carbocycles. The molecule has 0 spiro atoms. The predicted molar refractivity (Wildman–Crippen MR) is 79.5 cm³/mol. The van der Waals surface area contributed by atoms with E-state index in [-0.39, 0.29) is 0 Å². The third-order valence-corrected chi connectivity index (χ3v) is 3.89. The van der Waals surface area contributed by atoms with Crippen molar-refractivity contribution in [3.63, 3.8) is 0 Å². The second kappa shape index (κ2) is 6.10. The number of nitrogens with one attached hydrogen (secondary N) is 1. The fraction of sp³-hybridized carbons (Fsp3) is 0.600. The van der Waals surface area contributed by atoms with Gasteiger partial charge in [0.25, 0.3) is 0 Å². The molecule has 0 radical (unpaired) electrons. The van der Waals surface area contributed by atoms with Gasteiger partial charge in [0, 0.05) is 25.7 Å². The van der Waals surface area contributed by atoms with Crippen molar-refractivity contribution in [2.45, 2.75) is 26.8 Å². The van der Waals surface area contributed by atoms with Gasteiger partial charge in [-0.1, -0.05) is 26.0 Å². The van der Waals surface area contributed by atoms with Gasteiger partial charge < -0.3 is 15.1 Å². The number of anilines is 2. The molecule has 3 nitrogen and oxygen atoms in total. The number of hydrogen-bond acceptors (Lipinski definition) is 3. The third-order valence-electron chi connectivity index (χ3n) is 3.89. The summed E-state index contributed by atoms with van der Waals surface area (Å²) in [4.78, 5) is 5.02. The average Bonchev–Trinajstić information content (AvgIpc) is 2.42. The summed E-state index contributed by atoms with van der Waals surface area (Å²) in [5.74, 6) is 0. The highest BCUT2D eigenvalue weighted by Crippen LogP contribution is 2.30. The number of fused-ring (bicyclic) bond motifs is 1. The van der Waals surface area contributed by atoms with E-state index in [0.717, 1.165) is 32.7 Å². The highest BCUT2D eigenvalue weighted by atomic mass is 15.2. The van der Waals surface area contributed by atoms with Crippen molar-refractivity contribution in [3.05, 3.63) is 24.3 Å². The van der Waals surface area contributed by atoms with Gasteiger partial charge in [0.1, 0.15) is 0 Å². The summed E-state index contributed by atoms with van der Waals surface area (Å²) in [5.41, 5.74) is 2.62. The molecule has 0 saturated carbocycles. The van der Waals surface area contributed by atoms with Crippen molar-refractivity contribution >= 4 is 11.4 Å². The van der Waals surface area contributed by atoms with Gasteiger partial charge in [-0.05, 0) is 32.1 Å². The SMILES string of the molecule is CCN(CC)CCN1c2ccccc2NCC1C. The maximum atomic E-state index is 3.50. The van der Waals surface area contributed by atoms with Crippen LogP contribution in [0.25, 0.3) is 0 Å². The molecule has 0 aromatic heterocycles. The van der Waals surface area contributed by atoms with Crippen molar-refractivity contribution in [3.8, 4) is 0 Å². The van der Waals surface area contributed by atoms with E-state index in [2.05, 4.69) is 60.2 Å². The number of benzene rings is 1. The smallest absolute Gasteiger partial charge is 0.0605 e. The number of nitrogens with zero attached hydrogens (tertiary/aromatic N) is 2. The van der Waals surface area contributed by atoms with Crippen molar-refractivity contribution in [2.24, 2.45) is 0 Å². The fourth-order valence-corrected chi connectivity index (χ4v) is 2.61. The summed E-state index contributed by atoms with van der Waals surface area (Å²) < 4.78 is 0. The molecule has 1 unspecified atom stereocenters. The maximum absolute atomic E-state index is 3.50. The minimum Gasteiger partial charge on any atom is -0.381 e. The first-order chi connectivity index (χ1) is 8.76. The summed E-state index contributed by atoms with van der Waals surface area (Å²) in [5, 5.41) is 3.50. The molecule has 1 aliphatic rings. The van der Waals surface area contributed by atoms with Crippen LogP contribution in [-0.2, 0) is 0 Å². The summed E-state index contributed by atoms with van der Waals surface area (Å²) in [6.45, 7) is 12.3. The van der Waals surface area contributed by atoms with Crippen molar-refractivity contribution in [1.82, 2.24) is 4.90 Å². The van der Waals surface area contributed by atoms with Gasteiger partial charge in [-0.25, -0.2) is 0 Å². The van der Waals surface area contributed by atoms with Crippen LogP contribution in [0.15, 0.2) is 24.3 Å². The molecule has 3 heteroatoms. The van der Waals surface area contributed by atoms with Crippen molar-refractivity contribution in [2.75, 3.05) is 42.9 Å². The molecule has 1 heterocycles. The van der Waals surface area contributed by atoms with Crippen LogP contribution in [-0.4, -0.2) is 43.7 Å². The summed E-state index contributed by atoms with van der Waals surface area (Å²) in [7, 11) is 0. The lowest BCUT2D eigenvalue weighted by Crippen LogP contribution is -2.45. The Morgan fingerprint density at radius 3 is 2.72 bits per heavy atom. The van der Waals surface area contributed by atoms with Crippen LogP contribution >= 0.6 is 0 Å². The van der Waals surface area contributed by atoms with Crippen molar-refractivity contribution < 1.29 is 0 Å². The van der Waals surface area contributed by atoms with Gasteiger partial charge in [-0.2, -0.15) is 0 Å². The Morgan fingerprint density at radius 1 is 1.28 bits per heavy atom. The lowest BCUT2D eigenvalue weighted by atomic mass is 10.1.